The van der Waals surface area contributed by atoms with Crippen molar-refractivity contribution in [1.82, 2.24) is 9.62 Å². The minimum atomic E-state index is -3.63. The summed E-state index contributed by atoms with van der Waals surface area (Å²) in [5.74, 6) is -0.270. The van der Waals surface area contributed by atoms with Gasteiger partial charge in [-0.3, -0.25) is 4.79 Å². The van der Waals surface area contributed by atoms with E-state index in [2.05, 4.69) is 10.2 Å². The third-order valence-corrected chi connectivity index (χ3v) is 7.40. The van der Waals surface area contributed by atoms with Crippen LogP contribution in [0, 0.1) is 0 Å². The van der Waals surface area contributed by atoms with Crippen LogP contribution in [0.25, 0.3) is 0 Å². The molecule has 0 bridgehead atoms. The molecule has 0 unspecified atom stereocenters. The molecule has 0 saturated carbocycles. The van der Waals surface area contributed by atoms with Crippen LogP contribution in [0.5, 0.6) is 0 Å². The lowest BCUT2D eigenvalue weighted by atomic mass is 10.1. The highest BCUT2D eigenvalue weighted by atomic mass is 32.2. The second-order valence-electron chi connectivity index (χ2n) is 8.26. The van der Waals surface area contributed by atoms with Crippen molar-refractivity contribution < 1.29 is 13.2 Å². The van der Waals surface area contributed by atoms with Crippen LogP contribution in [0.4, 0.5) is 11.4 Å². The number of amides is 1. The molecule has 0 aliphatic carbocycles. The number of rotatable bonds is 7. The Hall–Kier alpha value is -2.58. The molecule has 1 fully saturated rings. The zero-order chi connectivity index (χ0) is 22.6. The summed E-state index contributed by atoms with van der Waals surface area (Å²) in [5, 5.41) is 2.96. The number of benzene rings is 2. The number of carbonyl (C=O) groups is 1. The van der Waals surface area contributed by atoms with Gasteiger partial charge < -0.3 is 15.1 Å². The first-order valence-corrected chi connectivity index (χ1v) is 12.0. The lowest BCUT2D eigenvalue weighted by Crippen LogP contribution is -2.33. The topological polar surface area (TPSA) is 73.0 Å². The first-order chi connectivity index (χ1) is 14.7. The molecule has 1 heterocycles. The van der Waals surface area contributed by atoms with E-state index in [9.17, 15) is 13.2 Å². The average molecular weight is 445 g/mol. The molecule has 1 aliphatic heterocycles. The number of nitrogens with zero attached hydrogens (tertiary/aromatic N) is 3. The Morgan fingerprint density at radius 3 is 2.19 bits per heavy atom. The van der Waals surface area contributed by atoms with Gasteiger partial charge >= 0.3 is 0 Å². The van der Waals surface area contributed by atoms with E-state index in [1.807, 2.05) is 43.3 Å². The second kappa shape index (κ2) is 9.70. The normalized spacial score (nSPS) is 14.5. The molecular weight excluding hydrogens is 412 g/mol. The minimum absolute atomic E-state index is 0.124. The van der Waals surface area contributed by atoms with Crippen molar-refractivity contribution in [1.29, 1.82) is 0 Å². The van der Waals surface area contributed by atoms with Crippen molar-refractivity contribution in [2.45, 2.75) is 30.7 Å². The zero-order valence-corrected chi connectivity index (χ0v) is 19.6. The van der Waals surface area contributed by atoms with E-state index in [4.69, 9.17) is 0 Å². The van der Waals surface area contributed by atoms with Crippen molar-refractivity contribution in [2.24, 2.45) is 0 Å². The summed E-state index contributed by atoms with van der Waals surface area (Å²) in [4.78, 5) is 17.5. The molecule has 1 N–H and O–H groups in total. The standard InChI is InChI=1S/C23H32N4O3S/c1-25(2)19-10-8-18(9-11-19)17-24-23(28)21-16-20(31(29,30)26(3)4)12-13-22(21)27-14-6-5-7-15-27/h8-13,16H,5-7,14-15,17H2,1-4H3,(H,24,28). The van der Waals surface area contributed by atoms with Gasteiger partial charge in [0.1, 0.15) is 0 Å². The molecule has 0 atom stereocenters. The highest BCUT2D eigenvalue weighted by Crippen LogP contribution is 2.28. The summed E-state index contributed by atoms with van der Waals surface area (Å²) in [6, 6.07) is 12.8. The second-order valence-corrected chi connectivity index (χ2v) is 10.4. The van der Waals surface area contributed by atoms with E-state index in [-0.39, 0.29) is 10.8 Å². The molecule has 7 nitrogen and oxygen atoms in total. The average Bonchev–Trinajstić information content (AvgIpc) is 2.77. The van der Waals surface area contributed by atoms with E-state index in [1.165, 1.54) is 26.6 Å². The largest absolute Gasteiger partial charge is 0.378 e. The smallest absolute Gasteiger partial charge is 0.253 e. The Kier molecular flexibility index (Phi) is 7.23. The Balaban J connectivity index is 1.87. The van der Waals surface area contributed by atoms with Gasteiger partial charge in [-0.15, -0.1) is 0 Å². The van der Waals surface area contributed by atoms with Crippen LogP contribution in [0.2, 0.25) is 0 Å². The van der Waals surface area contributed by atoms with Gasteiger partial charge in [-0.05, 0) is 55.2 Å². The fraction of sp³-hybridized carbons (Fsp3) is 0.435. The van der Waals surface area contributed by atoms with Gasteiger partial charge in [-0.1, -0.05) is 12.1 Å². The fourth-order valence-corrected chi connectivity index (χ4v) is 4.60. The molecule has 1 aliphatic rings. The van der Waals surface area contributed by atoms with Crippen LogP contribution in [0.1, 0.15) is 35.2 Å². The Morgan fingerprint density at radius 2 is 1.61 bits per heavy atom. The van der Waals surface area contributed by atoms with E-state index < -0.39 is 10.0 Å². The Bertz CT molecular complexity index is 1010. The van der Waals surface area contributed by atoms with E-state index in [0.29, 0.717) is 12.1 Å². The van der Waals surface area contributed by atoms with E-state index >= 15 is 0 Å². The van der Waals surface area contributed by atoms with E-state index in [0.717, 1.165) is 47.2 Å². The third-order valence-electron chi connectivity index (χ3n) is 5.59. The SMILES string of the molecule is CN(C)c1ccc(CNC(=O)c2cc(S(=O)(=O)N(C)C)ccc2N2CCCCC2)cc1. The molecule has 2 aromatic rings. The Labute approximate surface area is 185 Å². The van der Waals surface area contributed by atoms with Crippen LogP contribution in [0.15, 0.2) is 47.4 Å². The first kappa shape index (κ1) is 23.1. The first-order valence-electron chi connectivity index (χ1n) is 10.6. The van der Waals surface area contributed by atoms with Gasteiger partial charge in [0.25, 0.3) is 5.91 Å². The maximum Gasteiger partial charge on any atom is 0.253 e. The lowest BCUT2D eigenvalue weighted by Gasteiger charge is -2.30. The summed E-state index contributed by atoms with van der Waals surface area (Å²) in [7, 11) is 3.31. The van der Waals surface area contributed by atoms with Gasteiger partial charge in [0.05, 0.1) is 10.5 Å². The molecule has 0 radical (unpaired) electrons. The molecule has 8 heteroatoms. The number of nitrogens with one attached hydrogen (secondary N) is 1. The van der Waals surface area contributed by atoms with Crippen LogP contribution >= 0.6 is 0 Å². The molecule has 168 valence electrons. The van der Waals surface area contributed by atoms with Crippen LogP contribution in [0.3, 0.4) is 0 Å². The maximum atomic E-state index is 13.2. The number of sulfonamides is 1. The fourth-order valence-electron chi connectivity index (χ4n) is 3.67. The van der Waals surface area contributed by atoms with E-state index in [1.54, 1.807) is 12.1 Å². The van der Waals surface area contributed by atoms with Crippen LogP contribution < -0.4 is 15.1 Å². The number of hydrogen-bond acceptors (Lipinski definition) is 5. The Morgan fingerprint density at radius 1 is 0.968 bits per heavy atom. The highest BCUT2D eigenvalue weighted by Gasteiger charge is 2.24. The van der Waals surface area contributed by atoms with Crippen molar-refractivity contribution in [2.75, 3.05) is 51.1 Å². The number of carbonyl (C=O) groups excluding carboxylic acids is 1. The molecule has 31 heavy (non-hydrogen) atoms. The number of piperidine rings is 1. The van der Waals surface area contributed by atoms with Crippen LogP contribution in [-0.4, -0.2) is 59.9 Å². The lowest BCUT2D eigenvalue weighted by molar-refractivity contribution is 0.0951. The summed E-state index contributed by atoms with van der Waals surface area (Å²) in [6.45, 7) is 2.11. The predicted molar refractivity (Wildman–Crippen MR) is 125 cm³/mol. The molecule has 2 aromatic carbocycles. The minimum Gasteiger partial charge on any atom is -0.378 e. The molecule has 1 amide bonds. The quantitative estimate of drug-likeness (QED) is 0.711. The molecule has 0 spiro atoms. The zero-order valence-electron chi connectivity index (χ0n) is 18.8. The van der Waals surface area contributed by atoms with Gasteiger partial charge in [-0.25, -0.2) is 12.7 Å². The van der Waals surface area contributed by atoms with Crippen molar-refractivity contribution in [3.8, 4) is 0 Å². The third kappa shape index (κ3) is 5.37. The van der Waals surface area contributed by atoms with Gasteiger partial charge in [0.2, 0.25) is 10.0 Å². The predicted octanol–water partition coefficient (Wildman–Crippen LogP) is 2.92. The number of anilines is 2. The van der Waals surface area contributed by atoms with Crippen LogP contribution in [-0.2, 0) is 16.6 Å². The number of hydrogen-bond donors (Lipinski definition) is 1. The van der Waals surface area contributed by atoms with Crippen molar-refractivity contribution >= 4 is 27.3 Å². The van der Waals surface area contributed by atoms with Crippen molar-refractivity contribution in [3.05, 3.63) is 53.6 Å². The summed E-state index contributed by atoms with van der Waals surface area (Å²) >= 11 is 0. The summed E-state index contributed by atoms with van der Waals surface area (Å²) < 4.78 is 26.4. The summed E-state index contributed by atoms with van der Waals surface area (Å²) in [5.41, 5.74) is 3.26. The van der Waals surface area contributed by atoms with Gasteiger partial charge in [0, 0.05) is 59.2 Å². The highest BCUT2D eigenvalue weighted by molar-refractivity contribution is 7.89. The van der Waals surface area contributed by atoms with Gasteiger partial charge in [-0.2, -0.15) is 0 Å². The summed E-state index contributed by atoms with van der Waals surface area (Å²) in [6.07, 6.45) is 3.31. The monoisotopic (exact) mass is 444 g/mol. The molecule has 0 aromatic heterocycles. The van der Waals surface area contributed by atoms with Gasteiger partial charge in [0.15, 0.2) is 0 Å². The molecule has 3 rings (SSSR count). The maximum absolute atomic E-state index is 13.2. The molecule has 1 saturated heterocycles. The van der Waals surface area contributed by atoms with Crippen molar-refractivity contribution in [3.63, 3.8) is 0 Å². The molecular formula is C23H32N4O3S.